The van der Waals surface area contributed by atoms with Gasteiger partial charge in [-0.25, -0.2) is 0 Å². The Bertz CT molecular complexity index is 290. The van der Waals surface area contributed by atoms with Crippen LogP contribution in [0.25, 0.3) is 0 Å². The summed E-state index contributed by atoms with van der Waals surface area (Å²) in [4.78, 5) is 0. The van der Waals surface area contributed by atoms with Crippen molar-refractivity contribution in [1.29, 1.82) is 0 Å². The predicted octanol–water partition coefficient (Wildman–Crippen LogP) is 3.15. The maximum Gasteiger partial charge on any atom is 0.0848 e. The van der Waals surface area contributed by atoms with Crippen molar-refractivity contribution in [3.8, 4) is 0 Å². The standard InChI is InChI=1S/C13H24N2O/c1-4-7-11(8-5-2)13(16)12-9-14-15(6-3)10-12/h9-11,13,16H,4-8H2,1-3H3. The van der Waals surface area contributed by atoms with Gasteiger partial charge in [0.15, 0.2) is 0 Å². The second-order valence-corrected chi connectivity index (χ2v) is 4.41. The molecule has 0 amide bonds. The van der Waals surface area contributed by atoms with E-state index >= 15 is 0 Å². The molecule has 3 nitrogen and oxygen atoms in total. The first-order valence-corrected chi connectivity index (χ1v) is 6.43. The first kappa shape index (κ1) is 13.2. The average molecular weight is 224 g/mol. The zero-order chi connectivity index (χ0) is 12.0. The monoisotopic (exact) mass is 224 g/mol. The number of aliphatic hydroxyl groups is 1. The molecule has 1 N–H and O–H groups in total. The minimum atomic E-state index is -0.347. The lowest BCUT2D eigenvalue weighted by molar-refractivity contribution is 0.0964. The van der Waals surface area contributed by atoms with Crippen LogP contribution in [0.3, 0.4) is 0 Å². The summed E-state index contributed by atoms with van der Waals surface area (Å²) in [5, 5.41) is 14.5. The molecule has 0 aliphatic carbocycles. The molecule has 16 heavy (non-hydrogen) atoms. The number of rotatable bonds is 7. The maximum atomic E-state index is 10.3. The van der Waals surface area contributed by atoms with E-state index < -0.39 is 0 Å². The molecule has 0 saturated carbocycles. The van der Waals surface area contributed by atoms with Gasteiger partial charge in [0, 0.05) is 18.3 Å². The quantitative estimate of drug-likeness (QED) is 0.772. The molecule has 1 unspecified atom stereocenters. The summed E-state index contributed by atoms with van der Waals surface area (Å²) in [6.07, 6.45) is 7.85. The summed E-state index contributed by atoms with van der Waals surface area (Å²) in [5.74, 6) is 0.379. The summed E-state index contributed by atoms with van der Waals surface area (Å²) in [6.45, 7) is 7.26. The largest absolute Gasteiger partial charge is 0.388 e. The Kier molecular flexibility index (Phi) is 5.53. The molecule has 0 radical (unpaired) electrons. The van der Waals surface area contributed by atoms with Gasteiger partial charge in [-0.05, 0) is 25.7 Å². The van der Waals surface area contributed by atoms with Crippen molar-refractivity contribution in [3.63, 3.8) is 0 Å². The van der Waals surface area contributed by atoms with Crippen LogP contribution in [-0.4, -0.2) is 14.9 Å². The lowest BCUT2D eigenvalue weighted by atomic mass is 9.89. The first-order valence-electron chi connectivity index (χ1n) is 6.43. The van der Waals surface area contributed by atoms with Crippen molar-refractivity contribution >= 4 is 0 Å². The van der Waals surface area contributed by atoms with E-state index in [4.69, 9.17) is 0 Å². The molecule has 0 fully saturated rings. The summed E-state index contributed by atoms with van der Waals surface area (Å²) >= 11 is 0. The molecule has 0 bridgehead atoms. The Labute approximate surface area is 98.5 Å². The van der Waals surface area contributed by atoms with Gasteiger partial charge in [0.2, 0.25) is 0 Å². The van der Waals surface area contributed by atoms with Gasteiger partial charge in [0.1, 0.15) is 0 Å². The van der Waals surface area contributed by atoms with Crippen molar-refractivity contribution in [2.24, 2.45) is 5.92 Å². The van der Waals surface area contributed by atoms with Crippen LogP contribution in [0.2, 0.25) is 0 Å². The summed E-state index contributed by atoms with van der Waals surface area (Å²) in [5.41, 5.74) is 0.966. The minimum Gasteiger partial charge on any atom is -0.388 e. The second-order valence-electron chi connectivity index (χ2n) is 4.41. The van der Waals surface area contributed by atoms with Crippen molar-refractivity contribution in [1.82, 2.24) is 9.78 Å². The van der Waals surface area contributed by atoms with E-state index in [-0.39, 0.29) is 6.10 Å². The maximum absolute atomic E-state index is 10.3. The molecular formula is C13H24N2O. The van der Waals surface area contributed by atoms with Crippen LogP contribution in [0.1, 0.15) is 58.1 Å². The zero-order valence-electron chi connectivity index (χ0n) is 10.7. The van der Waals surface area contributed by atoms with Crippen LogP contribution < -0.4 is 0 Å². The number of aromatic nitrogens is 2. The molecule has 1 aromatic rings. The zero-order valence-corrected chi connectivity index (χ0v) is 10.7. The van der Waals surface area contributed by atoms with Gasteiger partial charge in [-0.2, -0.15) is 5.10 Å². The molecule has 1 rings (SSSR count). The molecule has 1 heterocycles. The molecule has 0 aromatic carbocycles. The number of hydrogen-bond acceptors (Lipinski definition) is 2. The fourth-order valence-electron chi connectivity index (χ4n) is 2.18. The average Bonchev–Trinajstić information content (AvgIpc) is 2.76. The Morgan fingerprint density at radius 1 is 1.25 bits per heavy atom. The van der Waals surface area contributed by atoms with Crippen LogP contribution in [0, 0.1) is 5.92 Å². The van der Waals surface area contributed by atoms with Gasteiger partial charge in [0.25, 0.3) is 0 Å². The van der Waals surface area contributed by atoms with E-state index in [0.29, 0.717) is 5.92 Å². The van der Waals surface area contributed by atoms with E-state index in [1.807, 2.05) is 10.9 Å². The van der Waals surface area contributed by atoms with E-state index in [9.17, 15) is 5.11 Å². The molecular weight excluding hydrogens is 200 g/mol. The number of aliphatic hydroxyl groups excluding tert-OH is 1. The third kappa shape index (κ3) is 3.34. The highest BCUT2D eigenvalue weighted by molar-refractivity contribution is 5.09. The molecule has 92 valence electrons. The Morgan fingerprint density at radius 3 is 2.31 bits per heavy atom. The molecule has 0 saturated heterocycles. The van der Waals surface area contributed by atoms with E-state index in [1.54, 1.807) is 6.20 Å². The van der Waals surface area contributed by atoms with Crippen LogP contribution in [0.4, 0.5) is 0 Å². The van der Waals surface area contributed by atoms with Crippen molar-refractivity contribution in [2.45, 2.75) is 59.1 Å². The SMILES string of the molecule is CCCC(CCC)C(O)c1cnn(CC)c1. The molecule has 0 spiro atoms. The van der Waals surface area contributed by atoms with Crippen LogP contribution >= 0.6 is 0 Å². The topological polar surface area (TPSA) is 38.1 Å². The predicted molar refractivity (Wildman–Crippen MR) is 66.2 cm³/mol. The lowest BCUT2D eigenvalue weighted by Gasteiger charge is -2.20. The summed E-state index contributed by atoms with van der Waals surface area (Å²) in [7, 11) is 0. The van der Waals surface area contributed by atoms with Crippen LogP contribution in [0.5, 0.6) is 0 Å². The van der Waals surface area contributed by atoms with E-state index in [1.165, 1.54) is 0 Å². The summed E-state index contributed by atoms with van der Waals surface area (Å²) < 4.78 is 1.87. The van der Waals surface area contributed by atoms with E-state index in [2.05, 4.69) is 25.9 Å². The minimum absolute atomic E-state index is 0.347. The highest BCUT2D eigenvalue weighted by Crippen LogP contribution is 2.29. The Balaban J connectivity index is 2.68. The normalized spacial score (nSPS) is 13.3. The van der Waals surface area contributed by atoms with E-state index in [0.717, 1.165) is 37.8 Å². The van der Waals surface area contributed by atoms with Crippen molar-refractivity contribution in [2.75, 3.05) is 0 Å². The molecule has 1 aromatic heterocycles. The summed E-state index contributed by atoms with van der Waals surface area (Å²) in [6, 6.07) is 0. The Morgan fingerprint density at radius 2 is 1.88 bits per heavy atom. The van der Waals surface area contributed by atoms with Gasteiger partial charge in [-0.15, -0.1) is 0 Å². The second kappa shape index (κ2) is 6.69. The van der Waals surface area contributed by atoms with Gasteiger partial charge < -0.3 is 5.11 Å². The molecule has 0 aliphatic heterocycles. The third-order valence-electron chi connectivity index (χ3n) is 3.08. The van der Waals surface area contributed by atoms with Crippen LogP contribution in [0.15, 0.2) is 12.4 Å². The number of aryl methyl sites for hydroxylation is 1. The Hall–Kier alpha value is -0.830. The smallest absolute Gasteiger partial charge is 0.0848 e. The van der Waals surface area contributed by atoms with Gasteiger partial charge in [0.05, 0.1) is 12.3 Å². The van der Waals surface area contributed by atoms with Crippen molar-refractivity contribution in [3.05, 3.63) is 18.0 Å². The first-order chi connectivity index (χ1) is 7.72. The number of hydrogen-bond donors (Lipinski definition) is 1. The van der Waals surface area contributed by atoms with Gasteiger partial charge in [-0.1, -0.05) is 26.7 Å². The van der Waals surface area contributed by atoms with Crippen LogP contribution in [-0.2, 0) is 6.54 Å². The fourth-order valence-corrected chi connectivity index (χ4v) is 2.18. The van der Waals surface area contributed by atoms with Gasteiger partial charge in [-0.3, -0.25) is 4.68 Å². The van der Waals surface area contributed by atoms with Crippen molar-refractivity contribution < 1.29 is 5.11 Å². The lowest BCUT2D eigenvalue weighted by Crippen LogP contribution is -2.12. The highest BCUT2D eigenvalue weighted by atomic mass is 16.3. The molecule has 0 aliphatic rings. The highest BCUT2D eigenvalue weighted by Gasteiger charge is 2.20. The number of nitrogens with zero attached hydrogens (tertiary/aromatic N) is 2. The molecule has 3 heteroatoms. The van der Waals surface area contributed by atoms with Gasteiger partial charge >= 0.3 is 0 Å². The third-order valence-corrected chi connectivity index (χ3v) is 3.08. The molecule has 1 atom stereocenters. The fraction of sp³-hybridized carbons (Fsp3) is 0.769.